The first-order chi connectivity index (χ1) is 8.63. The number of carbonyl (C=O) groups is 1. The maximum Gasteiger partial charge on any atom is 0.308 e. The van der Waals surface area contributed by atoms with Crippen LogP contribution in [0.25, 0.3) is 10.6 Å². The molecule has 0 amide bonds. The normalized spacial score (nSPS) is 10.5. The predicted molar refractivity (Wildman–Crippen MR) is 71.0 cm³/mol. The number of nitrogens with zero attached hydrogens (tertiary/aromatic N) is 1. The van der Waals surface area contributed by atoms with E-state index >= 15 is 0 Å². The standard InChI is InChI=1S/C13H13NO3S/c1-2-14-10(11-4-3-7-18-11)6-5-9(13(14)17)8-12(15)16/h3-7H,2,8H2,1H3,(H,15,16). The molecule has 0 aliphatic carbocycles. The Kier molecular flexibility index (Phi) is 3.62. The highest BCUT2D eigenvalue weighted by Crippen LogP contribution is 2.23. The lowest BCUT2D eigenvalue weighted by Gasteiger charge is -2.10. The van der Waals surface area contributed by atoms with Gasteiger partial charge in [0.2, 0.25) is 0 Å². The van der Waals surface area contributed by atoms with E-state index in [1.807, 2.05) is 30.5 Å². The van der Waals surface area contributed by atoms with Crippen LogP contribution >= 0.6 is 11.3 Å². The van der Waals surface area contributed by atoms with E-state index in [1.54, 1.807) is 22.0 Å². The summed E-state index contributed by atoms with van der Waals surface area (Å²) in [6.45, 7) is 2.41. The summed E-state index contributed by atoms with van der Waals surface area (Å²) in [6.07, 6.45) is -0.233. The average molecular weight is 263 g/mol. The van der Waals surface area contributed by atoms with Crippen molar-refractivity contribution in [2.24, 2.45) is 0 Å². The Labute approximate surface area is 108 Å². The first-order valence-corrected chi connectivity index (χ1v) is 6.50. The van der Waals surface area contributed by atoms with Crippen molar-refractivity contribution in [1.82, 2.24) is 4.57 Å². The van der Waals surface area contributed by atoms with Crippen molar-refractivity contribution < 1.29 is 9.90 Å². The molecule has 0 aliphatic rings. The maximum absolute atomic E-state index is 12.2. The molecule has 5 heteroatoms. The Morgan fingerprint density at radius 3 is 2.72 bits per heavy atom. The van der Waals surface area contributed by atoms with Gasteiger partial charge < -0.3 is 9.67 Å². The molecule has 0 unspecified atom stereocenters. The minimum absolute atomic E-state index is 0.217. The highest BCUT2D eigenvalue weighted by atomic mass is 32.1. The lowest BCUT2D eigenvalue weighted by Crippen LogP contribution is -2.25. The van der Waals surface area contributed by atoms with E-state index in [4.69, 9.17) is 5.11 Å². The Hall–Kier alpha value is -1.88. The molecule has 2 rings (SSSR count). The molecule has 4 nitrogen and oxygen atoms in total. The molecule has 2 heterocycles. The third kappa shape index (κ3) is 2.36. The minimum Gasteiger partial charge on any atom is -0.481 e. The molecular weight excluding hydrogens is 250 g/mol. The fourth-order valence-corrected chi connectivity index (χ4v) is 2.63. The van der Waals surface area contributed by atoms with Crippen LogP contribution in [0, 0.1) is 0 Å². The second-order valence-corrected chi connectivity index (χ2v) is 4.79. The van der Waals surface area contributed by atoms with E-state index in [-0.39, 0.29) is 12.0 Å². The Balaban J connectivity index is 2.55. The van der Waals surface area contributed by atoms with Crippen LogP contribution in [0.1, 0.15) is 12.5 Å². The number of pyridine rings is 1. The molecule has 2 aromatic heterocycles. The molecule has 0 saturated carbocycles. The van der Waals surface area contributed by atoms with Gasteiger partial charge in [-0.05, 0) is 24.4 Å². The number of carboxylic acid groups (broad SMARTS) is 1. The van der Waals surface area contributed by atoms with Crippen molar-refractivity contribution in [3.8, 4) is 10.6 Å². The SMILES string of the molecule is CCn1c(-c2cccs2)ccc(CC(=O)O)c1=O. The predicted octanol–water partition coefficient (Wildman–Crippen LogP) is 2.22. The van der Waals surface area contributed by atoms with E-state index in [0.29, 0.717) is 12.1 Å². The summed E-state index contributed by atoms with van der Waals surface area (Å²) in [5.41, 5.74) is 0.946. The number of carboxylic acids is 1. The third-order valence-corrected chi connectivity index (χ3v) is 3.58. The smallest absolute Gasteiger partial charge is 0.308 e. The van der Waals surface area contributed by atoms with Gasteiger partial charge in [-0.1, -0.05) is 12.1 Å². The lowest BCUT2D eigenvalue weighted by atomic mass is 10.1. The Morgan fingerprint density at radius 1 is 1.39 bits per heavy atom. The summed E-state index contributed by atoms with van der Waals surface area (Å²) in [5, 5.41) is 10.7. The molecule has 0 atom stereocenters. The summed E-state index contributed by atoms with van der Waals surface area (Å²) < 4.78 is 1.62. The largest absolute Gasteiger partial charge is 0.481 e. The third-order valence-electron chi connectivity index (χ3n) is 2.68. The van der Waals surface area contributed by atoms with E-state index in [1.165, 1.54) is 0 Å². The molecule has 2 aromatic rings. The number of hydrogen-bond acceptors (Lipinski definition) is 3. The molecule has 18 heavy (non-hydrogen) atoms. The van der Waals surface area contributed by atoms with Gasteiger partial charge >= 0.3 is 5.97 Å². The zero-order chi connectivity index (χ0) is 13.1. The fourth-order valence-electron chi connectivity index (χ4n) is 1.87. The topological polar surface area (TPSA) is 59.3 Å². The van der Waals surface area contributed by atoms with Crippen LogP contribution in [0.5, 0.6) is 0 Å². The maximum atomic E-state index is 12.2. The Morgan fingerprint density at radius 2 is 2.17 bits per heavy atom. The van der Waals surface area contributed by atoms with Gasteiger partial charge in [-0.3, -0.25) is 9.59 Å². The van der Waals surface area contributed by atoms with Gasteiger partial charge in [0.1, 0.15) is 0 Å². The van der Waals surface area contributed by atoms with Crippen molar-refractivity contribution in [1.29, 1.82) is 0 Å². The van der Waals surface area contributed by atoms with Crippen LogP contribution in [0.15, 0.2) is 34.4 Å². The van der Waals surface area contributed by atoms with Crippen LogP contribution in [0.3, 0.4) is 0 Å². The summed E-state index contributed by atoms with van der Waals surface area (Å²) in [6, 6.07) is 7.30. The van der Waals surface area contributed by atoms with E-state index in [0.717, 1.165) is 10.6 Å². The quantitative estimate of drug-likeness (QED) is 0.920. The van der Waals surface area contributed by atoms with Gasteiger partial charge in [0.15, 0.2) is 0 Å². The lowest BCUT2D eigenvalue weighted by molar-refractivity contribution is -0.136. The molecule has 1 N–H and O–H groups in total. The van der Waals surface area contributed by atoms with Gasteiger partial charge in [-0.15, -0.1) is 11.3 Å². The monoisotopic (exact) mass is 263 g/mol. The van der Waals surface area contributed by atoms with Gasteiger partial charge in [0, 0.05) is 12.1 Å². The van der Waals surface area contributed by atoms with Crippen molar-refractivity contribution in [2.45, 2.75) is 19.9 Å². The van der Waals surface area contributed by atoms with Gasteiger partial charge in [-0.25, -0.2) is 0 Å². The highest BCUT2D eigenvalue weighted by Gasteiger charge is 2.12. The second-order valence-electron chi connectivity index (χ2n) is 3.84. The number of hydrogen-bond donors (Lipinski definition) is 1. The molecule has 0 saturated heterocycles. The summed E-state index contributed by atoms with van der Waals surface area (Å²) >= 11 is 1.56. The molecule has 0 aliphatic heterocycles. The fraction of sp³-hybridized carbons (Fsp3) is 0.231. The first-order valence-electron chi connectivity index (χ1n) is 5.62. The Bertz CT molecular complexity index is 614. The van der Waals surface area contributed by atoms with Crippen molar-refractivity contribution in [3.63, 3.8) is 0 Å². The van der Waals surface area contributed by atoms with E-state index in [2.05, 4.69) is 0 Å². The number of aromatic nitrogens is 1. The van der Waals surface area contributed by atoms with Crippen molar-refractivity contribution >= 4 is 17.3 Å². The molecule has 0 radical (unpaired) electrons. The average Bonchev–Trinajstić information content (AvgIpc) is 2.84. The summed E-state index contributed by atoms with van der Waals surface area (Å²) in [4.78, 5) is 23.9. The van der Waals surface area contributed by atoms with Crippen LogP contribution < -0.4 is 5.56 Å². The zero-order valence-corrected chi connectivity index (χ0v) is 10.7. The zero-order valence-electron chi connectivity index (χ0n) is 9.92. The molecule has 0 bridgehead atoms. The first kappa shape index (κ1) is 12.6. The van der Waals surface area contributed by atoms with E-state index in [9.17, 15) is 9.59 Å². The summed E-state index contributed by atoms with van der Waals surface area (Å²) in [7, 11) is 0. The molecule has 0 spiro atoms. The highest BCUT2D eigenvalue weighted by molar-refractivity contribution is 7.13. The second kappa shape index (κ2) is 5.18. The van der Waals surface area contributed by atoms with Gasteiger partial charge in [0.05, 0.1) is 17.0 Å². The van der Waals surface area contributed by atoms with Gasteiger partial charge in [0.25, 0.3) is 5.56 Å². The van der Waals surface area contributed by atoms with Crippen LogP contribution in [0.4, 0.5) is 0 Å². The van der Waals surface area contributed by atoms with Crippen LogP contribution in [0.2, 0.25) is 0 Å². The number of aliphatic carboxylic acids is 1. The number of rotatable bonds is 4. The molecule has 94 valence electrons. The van der Waals surface area contributed by atoms with Crippen molar-refractivity contribution in [2.75, 3.05) is 0 Å². The van der Waals surface area contributed by atoms with Crippen molar-refractivity contribution in [3.05, 3.63) is 45.6 Å². The minimum atomic E-state index is -0.987. The van der Waals surface area contributed by atoms with Crippen LogP contribution in [-0.4, -0.2) is 15.6 Å². The van der Waals surface area contributed by atoms with Crippen LogP contribution in [-0.2, 0) is 17.8 Å². The molecule has 0 aromatic carbocycles. The molecular formula is C13H13NO3S. The number of thiophene rings is 1. The molecule has 0 fully saturated rings. The van der Waals surface area contributed by atoms with E-state index < -0.39 is 5.97 Å². The van der Waals surface area contributed by atoms with Gasteiger partial charge in [-0.2, -0.15) is 0 Å². The summed E-state index contributed by atoms with van der Waals surface area (Å²) in [5.74, 6) is -0.987.